The molecule has 0 spiro atoms. The van der Waals surface area contributed by atoms with Crippen LogP contribution in [-0.2, 0) is 37.5 Å². The molecule has 0 radical (unpaired) electrons. The molecule has 0 aliphatic rings. The average molecular weight is 872 g/mol. The zero-order chi connectivity index (χ0) is 44.2. The number of carboxylic acid groups (broad SMARTS) is 1. The summed E-state index contributed by atoms with van der Waals surface area (Å²) in [5.41, 5.74) is 5.34. The van der Waals surface area contributed by atoms with Gasteiger partial charge < -0.3 is 25.2 Å². The quantitative estimate of drug-likeness (QED) is 0.0230. The van der Waals surface area contributed by atoms with Crippen LogP contribution in [0.25, 0.3) is 0 Å². The summed E-state index contributed by atoms with van der Waals surface area (Å²) in [5, 5.41) is 8.90. The van der Waals surface area contributed by atoms with E-state index >= 15 is 0 Å². The molecular weight excluding hydrogens is 781 g/mol. The lowest BCUT2D eigenvalue weighted by atomic mass is 10.0. The van der Waals surface area contributed by atoms with Crippen LogP contribution < -0.4 is 5.73 Å². The van der Waals surface area contributed by atoms with Gasteiger partial charge in [-0.15, -0.1) is 0 Å². The second-order valence-electron chi connectivity index (χ2n) is 16.6. The lowest BCUT2D eigenvalue weighted by Gasteiger charge is -2.20. The second kappa shape index (κ2) is 43.6. The fraction of sp³-hybridized carbons (Fsp3) is 0.854. The summed E-state index contributed by atoms with van der Waals surface area (Å²) >= 11 is 0. The number of hydrogen-bond donors (Lipinski definition) is 3. The highest BCUT2D eigenvalue weighted by Crippen LogP contribution is 2.43. The van der Waals surface area contributed by atoms with E-state index in [0.29, 0.717) is 12.8 Å². The summed E-state index contributed by atoms with van der Waals surface area (Å²) in [6.45, 7) is 2.81. The minimum absolute atomic E-state index is 0.153. The van der Waals surface area contributed by atoms with E-state index in [0.717, 1.165) is 57.8 Å². The van der Waals surface area contributed by atoms with Gasteiger partial charge in [-0.1, -0.05) is 179 Å². The van der Waals surface area contributed by atoms with E-state index in [2.05, 4.69) is 42.7 Å². The average Bonchev–Trinajstić information content (AvgIpc) is 3.22. The van der Waals surface area contributed by atoms with Crippen LogP contribution in [0.3, 0.4) is 0 Å². The molecule has 0 amide bonds. The summed E-state index contributed by atoms with van der Waals surface area (Å²) in [5.74, 6) is -2.38. The zero-order valence-electron chi connectivity index (χ0n) is 38.3. The Hall–Kier alpha value is -2.04. The number of ether oxygens (including phenoxy) is 2. The third-order valence-electron chi connectivity index (χ3n) is 10.7. The molecule has 3 atom stereocenters. The lowest BCUT2D eigenvalue weighted by Crippen LogP contribution is -2.34. The number of carbonyl (C=O) groups is 3. The van der Waals surface area contributed by atoms with Crippen LogP contribution in [0.2, 0.25) is 0 Å². The topological polar surface area (TPSA) is 172 Å². The van der Waals surface area contributed by atoms with Crippen molar-refractivity contribution in [1.82, 2.24) is 0 Å². The number of rotatable bonds is 46. The van der Waals surface area contributed by atoms with Gasteiger partial charge in [0, 0.05) is 12.8 Å². The van der Waals surface area contributed by atoms with E-state index in [1.807, 2.05) is 0 Å². The van der Waals surface area contributed by atoms with Crippen molar-refractivity contribution in [3.63, 3.8) is 0 Å². The van der Waals surface area contributed by atoms with Crippen molar-refractivity contribution in [2.75, 3.05) is 19.8 Å². The van der Waals surface area contributed by atoms with E-state index in [4.69, 9.17) is 24.8 Å². The normalized spacial score (nSPS) is 13.8. The molecule has 12 heteroatoms. The number of phosphoric acid groups is 1. The molecule has 4 N–H and O–H groups in total. The second-order valence-corrected chi connectivity index (χ2v) is 18.0. The molecule has 0 saturated heterocycles. The third-order valence-corrected chi connectivity index (χ3v) is 11.6. The Balaban J connectivity index is 4.25. The molecule has 60 heavy (non-hydrogen) atoms. The van der Waals surface area contributed by atoms with Gasteiger partial charge >= 0.3 is 25.7 Å². The van der Waals surface area contributed by atoms with E-state index in [-0.39, 0.29) is 19.4 Å². The zero-order valence-corrected chi connectivity index (χ0v) is 39.2. The van der Waals surface area contributed by atoms with Crippen molar-refractivity contribution in [2.24, 2.45) is 5.73 Å². The maximum atomic E-state index is 12.6. The van der Waals surface area contributed by atoms with Crippen LogP contribution >= 0.6 is 7.82 Å². The Morgan fingerprint density at radius 3 is 1.22 bits per heavy atom. The van der Waals surface area contributed by atoms with Gasteiger partial charge in [-0.05, 0) is 64.2 Å². The van der Waals surface area contributed by atoms with Crippen molar-refractivity contribution in [3.8, 4) is 0 Å². The first kappa shape index (κ1) is 58.0. The lowest BCUT2D eigenvalue weighted by molar-refractivity contribution is -0.161. The van der Waals surface area contributed by atoms with E-state index in [9.17, 15) is 23.8 Å². The van der Waals surface area contributed by atoms with Crippen molar-refractivity contribution >= 4 is 25.7 Å². The molecule has 0 aromatic carbocycles. The Bertz CT molecular complexity index is 1120. The highest BCUT2D eigenvalue weighted by atomic mass is 31.2. The van der Waals surface area contributed by atoms with Gasteiger partial charge in [-0.3, -0.25) is 23.4 Å². The molecule has 1 unspecified atom stereocenters. The number of nitrogens with two attached hydrogens (primary N) is 1. The minimum atomic E-state index is -4.72. The monoisotopic (exact) mass is 872 g/mol. The summed E-state index contributed by atoms with van der Waals surface area (Å²) in [6, 6.07) is -1.52. The Morgan fingerprint density at radius 1 is 0.500 bits per heavy atom. The molecule has 0 aromatic rings. The number of carbonyl (C=O) groups excluding carboxylic acids is 2. The molecular formula is C48H90NO10P. The highest BCUT2D eigenvalue weighted by Gasteiger charge is 2.28. The van der Waals surface area contributed by atoms with Crippen molar-refractivity contribution in [3.05, 3.63) is 24.3 Å². The van der Waals surface area contributed by atoms with Crippen LogP contribution in [0.1, 0.15) is 232 Å². The molecule has 0 aliphatic carbocycles. The van der Waals surface area contributed by atoms with Crippen molar-refractivity contribution in [2.45, 2.75) is 244 Å². The van der Waals surface area contributed by atoms with Crippen LogP contribution in [0, 0.1) is 0 Å². The maximum absolute atomic E-state index is 12.6. The fourth-order valence-corrected chi connectivity index (χ4v) is 7.60. The predicted octanol–water partition coefficient (Wildman–Crippen LogP) is 13.4. The number of aliphatic carboxylic acids is 1. The fourth-order valence-electron chi connectivity index (χ4n) is 6.82. The van der Waals surface area contributed by atoms with Crippen LogP contribution in [0.5, 0.6) is 0 Å². The van der Waals surface area contributed by atoms with E-state index in [1.54, 1.807) is 0 Å². The Kier molecular flexibility index (Phi) is 42.1. The molecule has 11 nitrogen and oxygen atoms in total. The van der Waals surface area contributed by atoms with Crippen molar-refractivity contribution < 1.29 is 47.5 Å². The van der Waals surface area contributed by atoms with Crippen LogP contribution in [0.4, 0.5) is 0 Å². The summed E-state index contributed by atoms with van der Waals surface area (Å²) in [7, 11) is -4.72. The van der Waals surface area contributed by atoms with Gasteiger partial charge in [0.15, 0.2) is 6.10 Å². The van der Waals surface area contributed by atoms with Gasteiger partial charge in [0.1, 0.15) is 12.6 Å². The van der Waals surface area contributed by atoms with Crippen molar-refractivity contribution in [1.29, 1.82) is 0 Å². The van der Waals surface area contributed by atoms with Gasteiger partial charge in [0.25, 0.3) is 0 Å². The largest absolute Gasteiger partial charge is 0.480 e. The van der Waals surface area contributed by atoms with Gasteiger partial charge in [0.05, 0.1) is 13.2 Å². The number of esters is 2. The molecule has 0 rings (SSSR count). The molecule has 0 saturated carbocycles. The van der Waals surface area contributed by atoms with E-state index in [1.165, 1.54) is 135 Å². The van der Waals surface area contributed by atoms with Gasteiger partial charge in [-0.25, -0.2) is 4.57 Å². The first-order valence-electron chi connectivity index (χ1n) is 24.4. The third kappa shape index (κ3) is 42.6. The Morgan fingerprint density at radius 2 is 0.833 bits per heavy atom. The molecule has 0 aromatic heterocycles. The highest BCUT2D eigenvalue weighted by molar-refractivity contribution is 7.47. The molecule has 0 fully saturated rings. The standard InChI is InChI=1S/C48H90NO10P/c1-3-5-7-9-11-13-15-17-19-20-21-22-23-24-26-27-29-31-33-35-37-39-46(50)56-41-44(42-57-60(54,55)58-43-45(49)48(52)53)59-47(51)40-38-36-34-32-30-28-25-18-16-14-12-10-8-6-4-2/h17-19,25,44-45H,3-16,20-24,26-43,49H2,1-2H3,(H,52,53)(H,54,55)/b19-17+,25-18+/t44-,45-/m0/s1. The molecule has 0 bridgehead atoms. The van der Waals surface area contributed by atoms with Crippen LogP contribution in [0.15, 0.2) is 24.3 Å². The Labute approximate surface area is 366 Å². The number of allylic oxidation sites excluding steroid dienone is 4. The number of phosphoric ester groups is 1. The molecule has 0 heterocycles. The number of unbranched alkanes of at least 4 members (excludes halogenated alkanes) is 28. The van der Waals surface area contributed by atoms with E-state index < -0.39 is 51.1 Å². The molecule has 0 aliphatic heterocycles. The van der Waals surface area contributed by atoms with Gasteiger partial charge in [-0.2, -0.15) is 0 Å². The molecule has 352 valence electrons. The van der Waals surface area contributed by atoms with Gasteiger partial charge in [0.2, 0.25) is 0 Å². The summed E-state index contributed by atoms with van der Waals surface area (Å²) < 4.78 is 32.8. The summed E-state index contributed by atoms with van der Waals surface area (Å²) in [4.78, 5) is 46.1. The SMILES string of the molecule is CCCCCCCC/C=C/CCCCCCCCCCCCCC(=O)OC[C@@H](COP(=O)(O)OC[C@H](N)C(=O)O)OC(=O)CCCCCCC/C=C/CCCCCCCC. The predicted molar refractivity (Wildman–Crippen MR) is 245 cm³/mol. The minimum Gasteiger partial charge on any atom is -0.480 e. The number of carboxylic acids is 1. The first-order chi connectivity index (χ1) is 29.1. The number of hydrogen-bond acceptors (Lipinski definition) is 9. The summed E-state index contributed by atoms with van der Waals surface area (Å²) in [6.07, 6.45) is 46.7. The first-order valence-corrected chi connectivity index (χ1v) is 25.9. The maximum Gasteiger partial charge on any atom is 0.472 e. The van der Waals surface area contributed by atoms with Crippen LogP contribution in [-0.4, -0.2) is 59.9 Å². The smallest absolute Gasteiger partial charge is 0.472 e.